The fraction of sp³-hybridized carbons (Fsp3) is 0.500. The molecular weight excluding hydrogens is 376 g/mol. The van der Waals surface area contributed by atoms with Crippen LogP contribution < -0.4 is 10.0 Å². The van der Waals surface area contributed by atoms with Gasteiger partial charge in [0.25, 0.3) is 5.91 Å². The molecule has 0 aliphatic heterocycles. The summed E-state index contributed by atoms with van der Waals surface area (Å²) in [5.41, 5.74) is 3.15. The summed E-state index contributed by atoms with van der Waals surface area (Å²) in [6.45, 7) is 9.61. The van der Waals surface area contributed by atoms with Crippen LogP contribution in [-0.2, 0) is 15.6 Å². The Morgan fingerprint density at radius 1 is 1.25 bits per heavy atom. The number of sulfonamides is 1. The van der Waals surface area contributed by atoms with Gasteiger partial charge in [-0.25, -0.2) is 8.42 Å². The van der Waals surface area contributed by atoms with E-state index in [1.807, 2.05) is 10.7 Å². The van der Waals surface area contributed by atoms with Gasteiger partial charge < -0.3 is 5.32 Å². The Bertz CT molecular complexity index is 999. The van der Waals surface area contributed by atoms with E-state index in [-0.39, 0.29) is 17.2 Å². The second kappa shape index (κ2) is 7.24. The molecule has 0 spiro atoms. The van der Waals surface area contributed by atoms with Crippen LogP contribution >= 0.6 is 0 Å². The van der Waals surface area contributed by atoms with Crippen LogP contribution in [0, 0.1) is 6.92 Å². The van der Waals surface area contributed by atoms with E-state index in [9.17, 15) is 13.2 Å². The average Bonchev–Trinajstić information content (AvgIpc) is 3.34. The Morgan fingerprint density at radius 2 is 1.93 bits per heavy atom. The number of hydrogen-bond donors (Lipinski definition) is 2. The molecule has 1 saturated carbocycles. The molecule has 0 saturated heterocycles. The maximum Gasteiger partial charge on any atom is 0.276 e. The summed E-state index contributed by atoms with van der Waals surface area (Å²) in [6, 6.07) is 6.96. The van der Waals surface area contributed by atoms with Crippen LogP contribution in [0.2, 0.25) is 0 Å². The van der Waals surface area contributed by atoms with Crippen LogP contribution in [0.25, 0.3) is 0 Å². The molecule has 2 aromatic rings. The first kappa shape index (κ1) is 20.4. The quantitative estimate of drug-likeness (QED) is 0.765. The minimum Gasteiger partial charge on any atom is -0.321 e. The minimum atomic E-state index is -3.34. The number of aromatic nitrogens is 2. The summed E-state index contributed by atoms with van der Waals surface area (Å²) in [7, 11) is -3.34. The summed E-state index contributed by atoms with van der Waals surface area (Å²) in [5, 5.41) is 7.41. The number of amides is 1. The highest BCUT2D eigenvalue weighted by Gasteiger charge is 2.32. The third-order valence-corrected chi connectivity index (χ3v) is 6.02. The van der Waals surface area contributed by atoms with Gasteiger partial charge in [-0.2, -0.15) is 5.10 Å². The SMILES string of the molecule is CCS(=O)(=O)Nc1ccc(NC(=O)c2cc(C3CC3)n(C(C)(C)C)n2)cc1C. The molecule has 1 aromatic heterocycles. The number of nitrogens with zero attached hydrogens (tertiary/aromatic N) is 2. The summed E-state index contributed by atoms with van der Waals surface area (Å²) in [5.74, 6) is 0.220. The van der Waals surface area contributed by atoms with Gasteiger partial charge in [0, 0.05) is 17.3 Å². The van der Waals surface area contributed by atoms with Crippen molar-refractivity contribution >= 4 is 27.3 Å². The number of hydrogen-bond acceptors (Lipinski definition) is 4. The number of aryl methyl sites for hydroxylation is 1. The normalized spacial score (nSPS) is 14.8. The van der Waals surface area contributed by atoms with Crippen molar-refractivity contribution in [3.05, 3.63) is 41.2 Å². The molecule has 0 unspecified atom stereocenters. The molecule has 0 atom stereocenters. The first-order chi connectivity index (χ1) is 13.0. The van der Waals surface area contributed by atoms with Gasteiger partial charge in [0.15, 0.2) is 5.69 Å². The third kappa shape index (κ3) is 4.55. The lowest BCUT2D eigenvalue weighted by Crippen LogP contribution is -2.25. The molecule has 152 valence electrons. The lowest BCUT2D eigenvalue weighted by atomic mass is 10.1. The van der Waals surface area contributed by atoms with Crippen LogP contribution in [-0.4, -0.2) is 29.9 Å². The summed E-state index contributed by atoms with van der Waals surface area (Å²) < 4.78 is 28.0. The molecule has 8 heteroatoms. The largest absolute Gasteiger partial charge is 0.321 e. The van der Waals surface area contributed by atoms with Crippen LogP contribution in [0.4, 0.5) is 11.4 Å². The molecular formula is C20H28N4O3S. The van der Waals surface area contributed by atoms with Gasteiger partial charge in [0.05, 0.1) is 17.0 Å². The standard InChI is InChI=1S/C20H28N4O3S/c1-6-28(26,27)23-16-10-9-15(11-13(16)2)21-19(25)17-12-18(14-7-8-14)24(22-17)20(3,4)5/h9-12,14,23H,6-8H2,1-5H3,(H,21,25). The molecule has 2 N–H and O–H groups in total. The Hall–Kier alpha value is -2.35. The van der Waals surface area contributed by atoms with Crippen LogP contribution in [0.15, 0.2) is 24.3 Å². The van der Waals surface area contributed by atoms with Crippen molar-refractivity contribution in [1.29, 1.82) is 0 Å². The fourth-order valence-electron chi connectivity index (χ4n) is 3.00. The summed E-state index contributed by atoms with van der Waals surface area (Å²) in [4.78, 5) is 12.7. The predicted octanol–water partition coefficient (Wildman–Crippen LogP) is 3.84. The molecule has 0 bridgehead atoms. The van der Waals surface area contributed by atoms with Crippen molar-refractivity contribution in [1.82, 2.24) is 9.78 Å². The van der Waals surface area contributed by atoms with Gasteiger partial charge in [-0.1, -0.05) is 0 Å². The lowest BCUT2D eigenvalue weighted by molar-refractivity contribution is 0.102. The van der Waals surface area contributed by atoms with Crippen molar-refractivity contribution in [2.24, 2.45) is 0 Å². The molecule has 1 heterocycles. The highest BCUT2D eigenvalue weighted by molar-refractivity contribution is 7.92. The fourth-order valence-corrected chi connectivity index (χ4v) is 3.71. The van der Waals surface area contributed by atoms with E-state index in [1.165, 1.54) is 0 Å². The number of nitrogens with one attached hydrogen (secondary N) is 2. The molecule has 1 fully saturated rings. The van der Waals surface area contributed by atoms with Gasteiger partial charge in [0.1, 0.15) is 0 Å². The predicted molar refractivity (Wildman–Crippen MR) is 111 cm³/mol. The zero-order chi connectivity index (χ0) is 20.7. The molecule has 1 amide bonds. The third-order valence-electron chi connectivity index (χ3n) is 4.73. The second-order valence-corrected chi connectivity index (χ2v) is 10.3. The highest BCUT2D eigenvalue weighted by Crippen LogP contribution is 2.41. The van der Waals surface area contributed by atoms with E-state index >= 15 is 0 Å². The monoisotopic (exact) mass is 404 g/mol. The van der Waals surface area contributed by atoms with Crippen molar-refractivity contribution in [2.45, 2.75) is 58.9 Å². The zero-order valence-electron chi connectivity index (χ0n) is 17.0. The van der Waals surface area contributed by atoms with Crippen molar-refractivity contribution in [3.8, 4) is 0 Å². The molecule has 28 heavy (non-hydrogen) atoms. The molecule has 1 aromatic carbocycles. The van der Waals surface area contributed by atoms with Crippen molar-refractivity contribution in [2.75, 3.05) is 15.8 Å². The minimum absolute atomic E-state index is 0.00465. The van der Waals surface area contributed by atoms with Crippen LogP contribution in [0.5, 0.6) is 0 Å². The van der Waals surface area contributed by atoms with Crippen LogP contribution in [0.1, 0.15) is 68.2 Å². The van der Waals surface area contributed by atoms with Crippen molar-refractivity contribution < 1.29 is 13.2 Å². The maximum absolute atomic E-state index is 12.7. The average molecular weight is 405 g/mol. The number of carbonyl (C=O) groups excluding carboxylic acids is 1. The molecule has 1 aliphatic carbocycles. The van der Waals surface area contributed by atoms with Crippen molar-refractivity contribution in [3.63, 3.8) is 0 Å². The van der Waals surface area contributed by atoms with Gasteiger partial charge in [-0.05, 0) is 77.3 Å². The highest BCUT2D eigenvalue weighted by atomic mass is 32.2. The number of benzene rings is 1. The Labute approximate surface area is 166 Å². The first-order valence-corrected chi connectivity index (χ1v) is 11.2. The Kier molecular flexibility index (Phi) is 5.27. The topological polar surface area (TPSA) is 93.1 Å². The van der Waals surface area contributed by atoms with Gasteiger partial charge in [-0.3, -0.25) is 14.2 Å². The van der Waals surface area contributed by atoms with E-state index in [2.05, 4.69) is 35.9 Å². The molecule has 1 aliphatic rings. The smallest absolute Gasteiger partial charge is 0.276 e. The number of anilines is 2. The van der Waals surface area contributed by atoms with Crippen LogP contribution in [0.3, 0.4) is 0 Å². The Balaban J connectivity index is 1.79. The second-order valence-electron chi connectivity index (χ2n) is 8.30. The van der Waals surface area contributed by atoms with E-state index in [0.717, 1.165) is 24.1 Å². The number of rotatable bonds is 6. The maximum atomic E-state index is 12.7. The van der Waals surface area contributed by atoms with Gasteiger partial charge in [0.2, 0.25) is 10.0 Å². The summed E-state index contributed by atoms with van der Waals surface area (Å²) in [6.07, 6.45) is 2.27. The summed E-state index contributed by atoms with van der Waals surface area (Å²) >= 11 is 0. The molecule has 3 rings (SSSR count). The Morgan fingerprint density at radius 3 is 2.46 bits per heavy atom. The van der Waals surface area contributed by atoms with Gasteiger partial charge in [-0.15, -0.1) is 0 Å². The lowest BCUT2D eigenvalue weighted by Gasteiger charge is -2.22. The zero-order valence-corrected chi connectivity index (χ0v) is 17.9. The molecule has 7 nitrogen and oxygen atoms in total. The number of carbonyl (C=O) groups is 1. The van der Waals surface area contributed by atoms with E-state index in [4.69, 9.17) is 0 Å². The van der Waals surface area contributed by atoms with Gasteiger partial charge >= 0.3 is 0 Å². The van der Waals surface area contributed by atoms with E-state index < -0.39 is 10.0 Å². The van der Waals surface area contributed by atoms with E-state index in [0.29, 0.717) is 23.0 Å². The molecule has 0 radical (unpaired) electrons. The first-order valence-electron chi connectivity index (χ1n) is 9.53. The van der Waals surface area contributed by atoms with E-state index in [1.54, 1.807) is 32.0 Å².